The Balaban J connectivity index is 1.99. The van der Waals surface area contributed by atoms with Gasteiger partial charge in [0.1, 0.15) is 10.9 Å². The molecule has 1 heterocycles. The minimum atomic E-state index is -0.264. The Labute approximate surface area is 151 Å². The number of aryl methyl sites for hydroxylation is 2. The maximum atomic E-state index is 11.5. The Bertz CT molecular complexity index is 868. The van der Waals surface area contributed by atoms with Crippen molar-refractivity contribution in [1.29, 1.82) is 0 Å². The smallest absolute Gasteiger partial charge is 0.316 e. The summed E-state index contributed by atoms with van der Waals surface area (Å²) in [4.78, 5) is 19.6. The molecule has 0 aliphatic rings. The van der Waals surface area contributed by atoms with Crippen LogP contribution in [0.4, 0.5) is 0 Å². The van der Waals surface area contributed by atoms with Crippen molar-refractivity contribution in [3.05, 3.63) is 59.7 Å². The van der Waals surface area contributed by atoms with Crippen molar-refractivity contribution in [1.82, 2.24) is 9.97 Å². The molecular weight excluding hydrogens is 332 g/mol. The Hall–Kier alpha value is -2.53. The van der Waals surface area contributed by atoms with Gasteiger partial charge in [0.15, 0.2) is 0 Å². The van der Waals surface area contributed by atoms with Gasteiger partial charge in [-0.15, -0.1) is 0 Å². The first-order chi connectivity index (χ1) is 12.1. The van der Waals surface area contributed by atoms with E-state index < -0.39 is 0 Å². The van der Waals surface area contributed by atoms with Gasteiger partial charge < -0.3 is 9.72 Å². The first-order valence-electron chi connectivity index (χ1n) is 8.00. The highest BCUT2D eigenvalue weighted by atomic mass is 32.2. The largest absolute Gasteiger partial charge is 0.468 e. The van der Waals surface area contributed by atoms with Crippen LogP contribution in [0.15, 0.2) is 53.6 Å². The van der Waals surface area contributed by atoms with E-state index in [4.69, 9.17) is 9.72 Å². The number of nitrogens with zero attached hydrogens (tertiary/aromatic N) is 1. The normalized spacial score (nSPS) is 10.7. The fourth-order valence-corrected chi connectivity index (χ4v) is 3.25. The van der Waals surface area contributed by atoms with E-state index in [1.807, 2.05) is 12.1 Å². The average molecular weight is 352 g/mol. The molecule has 3 aromatic rings. The zero-order chi connectivity index (χ0) is 17.8. The van der Waals surface area contributed by atoms with Crippen LogP contribution < -0.4 is 0 Å². The second-order valence-electron chi connectivity index (χ2n) is 5.86. The molecule has 0 bridgehead atoms. The Kier molecular flexibility index (Phi) is 5.24. The highest BCUT2D eigenvalue weighted by Crippen LogP contribution is 2.32. The summed E-state index contributed by atoms with van der Waals surface area (Å²) in [6, 6.07) is 16.5. The summed E-state index contributed by atoms with van der Waals surface area (Å²) in [5.74, 6) is 0.760. The number of carbonyl (C=O) groups is 1. The van der Waals surface area contributed by atoms with Gasteiger partial charge in [-0.2, -0.15) is 0 Å². The standard InChI is InChI=1S/C20H20N2O2S/c1-13-4-8-15(9-5-13)18-20(25-12-17(23)24-3)22-19(21-18)16-10-6-14(2)7-11-16/h4-11H,12H2,1-3H3,(H,21,22). The van der Waals surface area contributed by atoms with Crippen LogP contribution in [0.5, 0.6) is 0 Å². The number of ether oxygens (including phenoxy) is 1. The topological polar surface area (TPSA) is 55.0 Å². The lowest BCUT2D eigenvalue weighted by Gasteiger charge is -2.03. The van der Waals surface area contributed by atoms with Crippen molar-refractivity contribution < 1.29 is 9.53 Å². The molecule has 0 amide bonds. The van der Waals surface area contributed by atoms with Crippen LogP contribution in [0.3, 0.4) is 0 Å². The monoisotopic (exact) mass is 352 g/mol. The third-order valence-electron chi connectivity index (χ3n) is 3.89. The van der Waals surface area contributed by atoms with E-state index in [0.717, 1.165) is 27.7 Å². The number of imidazole rings is 1. The number of benzene rings is 2. The van der Waals surface area contributed by atoms with Gasteiger partial charge in [0, 0.05) is 11.1 Å². The molecule has 3 rings (SSSR count). The third kappa shape index (κ3) is 4.12. The van der Waals surface area contributed by atoms with E-state index in [-0.39, 0.29) is 11.7 Å². The number of rotatable bonds is 5. The molecule has 0 aliphatic heterocycles. The number of hydrogen-bond donors (Lipinski definition) is 1. The highest BCUT2D eigenvalue weighted by Gasteiger charge is 2.15. The molecule has 128 valence electrons. The molecule has 5 heteroatoms. The lowest BCUT2D eigenvalue weighted by atomic mass is 10.1. The first kappa shape index (κ1) is 17.3. The van der Waals surface area contributed by atoms with Crippen LogP contribution in [0.25, 0.3) is 22.6 Å². The van der Waals surface area contributed by atoms with Crippen LogP contribution in [-0.2, 0) is 9.53 Å². The van der Waals surface area contributed by atoms with Gasteiger partial charge in [-0.3, -0.25) is 4.79 Å². The number of hydrogen-bond acceptors (Lipinski definition) is 4. The maximum absolute atomic E-state index is 11.5. The molecule has 0 atom stereocenters. The summed E-state index contributed by atoms with van der Waals surface area (Å²) < 4.78 is 4.74. The minimum Gasteiger partial charge on any atom is -0.468 e. The zero-order valence-corrected chi connectivity index (χ0v) is 15.3. The van der Waals surface area contributed by atoms with E-state index >= 15 is 0 Å². The summed E-state index contributed by atoms with van der Waals surface area (Å²) in [6.45, 7) is 4.11. The van der Waals surface area contributed by atoms with Gasteiger partial charge in [-0.05, 0) is 13.8 Å². The molecule has 1 N–H and O–H groups in total. The van der Waals surface area contributed by atoms with E-state index in [1.54, 1.807) is 0 Å². The molecule has 0 radical (unpaired) electrons. The van der Waals surface area contributed by atoms with Crippen molar-refractivity contribution >= 4 is 17.7 Å². The average Bonchev–Trinajstić information content (AvgIpc) is 3.05. The molecule has 4 nitrogen and oxygen atoms in total. The SMILES string of the molecule is COC(=O)CSc1nc(-c2ccc(C)cc2)[nH]c1-c1ccc(C)cc1. The summed E-state index contributed by atoms with van der Waals surface area (Å²) >= 11 is 1.38. The summed E-state index contributed by atoms with van der Waals surface area (Å²) in [5.41, 5.74) is 5.39. The fourth-order valence-electron chi connectivity index (χ4n) is 2.41. The molecule has 0 spiro atoms. The van der Waals surface area contributed by atoms with E-state index in [9.17, 15) is 4.79 Å². The maximum Gasteiger partial charge on any atom is 0.316 e. The number of aromatic amines is 1. The molecule has 0 unspecified atom stereocenters. The van der Waals surface area contributed by atoms with Crippen LogP contribution in [0.2, 0.25) is 0 Å². The highest BCUT2D eigenvalue weighted by molar-refractivity contribution is 8.00. The van der Waals surface area contributed by atoms with E-state index in [0.29, 0.717) is 0 Å². The Morgan fingerprint density at radius 1 is 1.00 bits per heavy atom. The second kappa shape index (κ2) is 7.57. The van der Waals surface area contributed by atoms with Crippen LogP contribution in [-0.4, -0.2) is 28.8 Å². The quantitative estimate of drug-likeness (QED) is 0.537. The molecule has 0 saturated carbocycles. The first-order valence-corrected chi connectivity index (χ1v) is 8.99. The predicted molar refractivity (Wildman–Crippen MR) is 102 cm³/mol. The number of nitrogens with one attached hydrogen (secondary N) is 1. The van der Waals surface area contributed by atoms with Crippen LogP contribution in [0.1, 0.15) is 11.1 Å². The molecule has 0 saturated heterocycles. The van der Waals surface area contributed by atoms with Gasteiger partial charge >= 0.3 is 5.97 Å². The van der Waals surface area contributed by atoms with Crippen molar-refractivity contribution in [2.45, 2.75) is 18.9 Å². The third-order valence-corrected chi connectivity index (χ3v) is 4.84. The number of carbonyl (C=O) groups excluding carboxylic acids is 1. The van der Waals surface area contributed by atoms with E-state index in [1.165, 1.54) is 30.0 Å². The number of esters is 1. The van der Waals surface area contributed by atoms with Gasteiger partial charge in [-0.25, -0.2) is 4.98 Å². The molecule has 0 fully saturated rings. The summed E-state index contributed by atoms with van der Waals surface area (Å²) in [5, 5.41) is 0.796. The number of methoxy groups -OCH3 is 1. The van der Waals surface area contributed by atoms with Crippen molar-refractivity contribution in [3.63, 3.8) is 0 Å². The number of H-pyrrole nitrogens is 1. The van der Waals surface area contributed by atoms with Gasteiger partial charge in [0.25, 0.3) is 0 Å². The van der Waals surface area contributed by atoms with Crippen LogP contribution >= 0.6 is 11.8 Å². The van der Waals surface area contributed by atoms with Crippen LogP contribution in [0, 0.1) is 13.8 Å². The van der Waals surface area contributed by atoms with Gasteiger partial charge in [0.05, 0.1) is 18.6 Å². The lowest BCUT2D eigenvalue weighted by Crippen LogP contribution is -2.03. The molecular formula is C20H20N2O2S. The predicted octanol–water partition coefficient (Wildman–Crippen LogP) is 4.63. The summed E-state index contributed by atoms with van der Waals surface area (Å²) in [6.07, 6.45) is 0. The molecule has 1 aromatic heterocycles. The summed E-state index contributed by atoms with van der Waals surface area (Å²) in [7, 11) is 1.39. The van der Waals surface area contributed by atoms with Crippen molar-refractivity contribution in [2.24, 2.45) is 0 Å². The number of aromatic nitrogens is 2. The van der Waals surface area contributed by atoms with Gasteiger partial charge in [-0.1, -0.05) is 71.4 Å². The molecule has 0 aliphatic carbocycles. The molecule has 25 heavy (non-hydrogen) atoms. The Morgan fingerprint density at radius 2 is 1.56 bits per heavy atom. The van der Waals surface area contributed by atoms with Crippen molar-refractivity contribution in [2.75, 3.05) is 12.9 Å². The van der Waals surface area contributed by atoms with Gasteiger partial charge in [0.2, 0.25) is 0 Å². The fraction of sp³-hybridized carbons (Fsp3) is 0.200. The Morgan fingerprint density at radius 3 is 2.12 bits per heavy atom. The minimum absolute atomic E-state index is 0.230. The van der Waals surface area contributed by atoms with Crippen molar-refractivity contribution in [3.8, 4) is 22.6 Å². The zero-order valence-electron chi connectivity index (χ0n) is 14.5. The number of thioether (sulfide) groups is 1. The second-order valence-corrected chi connectivity index (χ2v) is 6.83. The van der Waals surface area contributed by atoms with E-state index in [2.05, 4.69) is 55.2 Å². The lowest BCUT2D eigenvalue weighted by molar-refractivity contribution is -0.137. The molecule has 2 aromatic carbocycles.